The Bertz CT molecular complexity index is 789. The number of unbranched alkanes of at least 4 members (excludes halogenated alkanes) is 5. The van der Waals surface area contributed by atoms with Crippen LogP contribution in [0.5, 0.6) is 0 Å². The molecular formula is C28H41NOS. The topological polar surface area (TPSA) is 29.1 Å². The molecule has 3 heteroatoms. The zero-order chi connectivity index (χ0) is 22.6. The van der Waals surface area contributed by atoms with Crippen LogP contribution in [0.1, 0.15) is 87.5 Å². The minimum atomic E-state index is -0.0665. The summed E-state index contributed by atoms with van der Waals surface area (Å²) < 4.78 is 0. The van der Waals surface area contributed by atoms with E-state index in [0.29, 0.717) is 0 Å². The third kappa shape index (κ3) is 8.73. The molecule has 0 spiro atoms. The summed E-state index contributed by atoms with van der Waals surface area (Å²) >= 11 is 1.72. The van der Waals surface area contributed by atoms with Crippen molar-refractivity contribution in [3.05, 3.63) is 58.7 Å². The average molecular weight is 440 g/mol. The van der Waals surface area contributed by atoms with Crippen LogP contribution in [0.15, 0.2) is 41.3 Å². The highest BCUT2D eigenvalue weighted by atomic mass is 32.2. The summed E-state index contributed by atoms with van der Waals surface area (Å²) in [7, 11) is 0. The first kappa shape index (κ1) is 25.5. The minimum Gasteiger partial charge on any atom is -0.325 e. The van der Waals surface area contributed by atoms with Crippen molar-refractivity contribution in [2.75, 3.05) is 5.32 Å². The van der Waals surface area contributed by atoms with Gasteiger partial charge in [0, 0.05) is 10.6 Å². The van der Waals surface area contributed by atoms with Gasteiger partial charge in [-0.15, -0.1) is 11.8 Å². The normalized spacial score (nSPS) is 12.0. The molecule has 1 unspecified atom stereocenters. The maximum absolute atomic E-state index is 13.3. The molecule has 0 aromatic heterocycles. The number of amides is 1. The maximum atomic E-state index is 13.3. The van der Waals surface area contributed by atoms with Crippen LogP contribution in [0, 0.1) is 20.8 Å². The number of hydrogen-bond acceptors (Lipinski definition) is 2. The quantitative estimate of drug-likeness (QED) is 0.251. The van der Waals surface area contributed by atoms with Crippen molar-refractivity contribution < 1.29 is 4.79 Å². The van der Waals surface area contributed by atoms with E-state index in [1.165, 1.54) is 54.5 Å². The second-order valence-corrected chi connectivity index (χ2v) is 10.1. The average Bonchev–Trinajstić information content (AvgIpc) is 2.74. The lowest BCUT2D eigenvalue weighted by Gasteiger charge is -2.19. The number of hydrogen-bond donors (Lipinski definition) is 1. The number of thioether (sulfide) groups is 1. The first-order chi connectivity index (χ1) is 14.9. The SMILES string of the molecule is CCCCCCCC(Sc1ccc(CCCC)cc1)C(=O)Nc1c(C)cc(C)cc1C. The molecule has 0 aliphatic rings. The molecule has 0 aliphatic heterocycles. The van der Waals surface area contributed by atoms with E-state index >= 15 is 0 Å². The number of rotatable bonds is 13. The first-order valence-corrected chi connectivity index (χ1v) is 13.0. The monoisotopic (exact) mass is 439 g/mol. The molecular weight excluding hydrogens is 398 g/mol. The standard InChI is InChI=1S/C28H41NOS/c1-6-8-10-11-12-14-26(31-25-17-15-24(16-18-25)13-9-7-2)28(30)29-27-22(4)19-21(3)20-23(27)5/h15-20,26H,6-14H2,1-5H3,(H,29,30). The van der Waals surface area contributed by atoms with Gasteiger partial charge < -0.3 is 5.32 Å². The highest BCUT2D eigenvalue weighted by molar-refractivity contribution is 8.00. The molecule has 2 rings (SSSR count). The highest BCUT2D eigenvalue weighted by Gasteiger charge is 2.21. The second-order valence-electron chi connectivity index (χ2n) is 8.82. The Kier molecular flexibility index (Phi) is 11.2. The number of carbonyl (C=O) groups excluding carboxylic acids is 1. The molecule has 0 fully saturated rings. The summed E-state index contributed by atoms with van der Waals surface area (Å²) in [4.78, 5) is 14.5. The summed E-state index contributed by atoms with van der Waals surface area (Å²) in [6, 6.07) is 13.1. The summed E-state index contributed by atoms with van der Waals surface area (Å²) in [5.41, 5.74) is 5.87. The third-order valence-corrected chi connectivity index (χ3v) is 7.09. The Hall–Kier alpha value is -1.74. The van der Waals surface area contributed by atoms with E-state index in [9.17, 15) is 4.79 Å². The molecule has 1 amide bonds. The fourth-order valence-electron chi connectivity index (χ4n) is 4.04. The van der Waals surface area contributed by atoms with E-state index in [4.69, 9.17) is 0 Å². The van der Waals surface area contributed by atoms with Crippen LogP contribution in [0.25, 0.3) is 0 Å². The molecule has 1 atom stereocenters. The van der Waals surface area contributed by atoms with Gasteiger partial charge in [-0.3, -0.25) is 4.79 Å². The van der Waals surface area contributed by atoms with Crippen molar-refractivity contribution in [1.82, 2.24) is 0 Å². The Morgan fingerprint density at radius 2 is 1.48 bits per heavy atom. The largest absolute Gasteiger partial charge is 0.325 e. The van der Waals surface area contributed by atoms with E-state index < -0.39 is 0 Å². The summed E-state index contributed by atoms with van der Waals surface area (Å²) in [6.07, 6.45) is 10.6. The number of benzene rings is 2. The molecule has 2 aromatic rings. The lowest BCUT2D eigenvalue weighted by Crippen LogP contribution is -2.26. The lowest BCUT2D eigenvalue weighted by atomic mass is 10.0. The van der Waals surface area contributed by atoms with E-state index in [1.807, 2.05) is 0 Å². The van der Waals surface area contributed by atoms with Crippen molar-refractivity contribution >= 4 is 23.4 Å². The zero-order valence-corrected chi connectivity index (χ0v) is 21.0. The van der Waals surface area contributed by atoms with Gasteiger partial charge in [0.1, 0.15) is 0 Å². The van der Waals surface area contributed by atoms with Gasteiger partial charge in [-0.05, 0) is 68.9 Å². The Labute approximate surface area is 194 Å². The number of nitrogens with one attached hydrogen (secondary N) is 1. The third-order valence-electron chi connectivity index (χ3n) is 5.81. The smallest absolute Gasteiger partial charge is 0.237 e. The zero-order valence-electron chi connectivity index (χ0n) is 20.2. The Balaban J connectivity index is 2.09. The molecule has 1 N–H and O–H groups in total. The van der Waals surface area contributed by atoms with Crippen LogP contribution in [-0.4, -0.2) is 11.2 Å². The first-order valence-electron chi connectivity index (χ1n) is 12.1. The van der Waals surface area contributed by atoms with E-state index in [1.54, 1.807) is 11.8 Å². The molecule has 0 bridgehead atoms. The van der Waals surface area contributed by atoms with Crippen LogP contribution < -0.4 is 5.32 Å². The van der Waals surface area contributed by atoms with Gasteiger partial charge in [-0.1, -0.05) is 82.2 Å². The van der Waals surface area contributed by atoms with Crippen LogP contribution in [-0.2, 0) is 11.2 Å². The molecule has 0 radical (unpaired) electrons. The number of carbonyl (C=O) groups is 1. The van der Waals surface area contributed by atoms with Crippen molar-refractivity contribution in [2.24, 2.45) is 0 Å². The van der Waals surface area contributed by atoms with Gasteiger partial charge in [0.25, 0.3) is 0 Å². The van der Waals surface area contributed by atoms with Crippen LogP contribution in [0.3, 0.4) is 0 Å². The van der Waals surface area contributed by atoms with Gasteiger partial charge in [0.15, 0.2) is 0 Å². The number of anilines is 1. The van der Waals surface area contributed by atoms with Crippen LogP contribution in [0.4, 0.5) is 5.69 Å². The maximum Gasteiger partial charge on any atom is 0.237 e. The lowest BCUT2D eigenvalue weighted by molar-refractivity contribution is -0.115. The molecule has 0 saturated carbocycles. The van der Waals surface area contributed by atoms with Gasteiger partial charge in [-0.2, -0.15) is 0 Å². The van der Waals surface area contributed by atoms with Crippen molar-refractivity contribution in [2.45, 2.75) is 103 Å². The predicted octanol–water partition coefficient (Wildman–Crippen LogP) is 8.41. The Morgan fingerprint density at radius 1 is 0.871 bits per heavy atom. The van der Waals surface area contributed by atoms with E-state index in [-0.39, 0.29) is 11.2 Å². The van der Waals surface area contributed by atoms with Gasteiger partial charge >= 0.3 is 0 Å². The van der Waals surface area contributed by atoms with Crippen LogP contribution >= 0.6 is 11.8 Å². The molecule has 170 valence electrons. The Morgan fingerprint density at radius 3 is 2.10 bits per heavy atom. The van der Waals surface area contributed by atoms with Crippen molar-refractivity contribution in [1.29, 1.82) is 0 Å². The van der Waals surface area contributed by atoms with Crippen molar-refractivity contribution in [3.63, 3.8) is 0 Å². The fraction of sp³-hybridized carbons (Fsp3) is 0.536. The van der Waals surface area contributed by atoms with Crippen LogP contribution in [0.2, 0.25) is 0 Å². The summed E-state index contributed by atoms with van der Waals surface area (Å²) in [5, 5.41) is 3.19. The van der Waals surface area contributed by atoms with E-state index in [2.05, 4.69) is 76.3 Å². The predicted molar refractivity (Wildman–Crippen MR) is 137 cm³/mol. The second kappa shape index (κ2) is 13.6. The van der Waals surface area contributed by atoms with Crippen molar-refractivity contribution in [3.8, 4) is 0 Å². The molecule has 0 aliphatic carbocycles. The van der Waals surface area contributed by atoms with Gasteiger partial charge in [0.2, 0.25) is 5.91 Å². The van der Waals surface area contributed by atoms with Gasteiger partial charge in [0.05, 0.1) is 5.25 Å². The minimum absolute atomic E-state index is 0.0665. The fourth-order valence-corrected chi connectivity index (χ4v) is 5.11. The molecule has 0 heterocycles. The molecule has 31 heavy (non-hydrogen) atoms. The summed E-state index contributed by atoms with van der Waals surface area (Å²) in [6.45, 7) is 10.7. The van der Waals surface area contributed by atoms with E-state index in [0.717, 1.165) is 36.1 Å². The molecule has 2 aromatic carbocycles. The highest BCUT2D eigenvalue weighted by Crippen LogP contribution is 2.30. The van der Waals surface area contributed by atoms with Gasteiger partial charge in [-0.25, -0.2) is 0 Å². The molecule has 0 saturated heterocycles. The molecule has 2 nitrogen and oxygen atoms in total. The summed E-state index contributed by atoms with van der Waals surface area (Å²) in [5.74, 6) is 0.130. The number of aryl methyl sites for hydroxylation is 4.